The Bertz CT molecular complexity index is 370. The van der Waals surface area contributed by atoms with Gasteiger partial charge in [-0.15, -0.1) is 0 Å². The minimum absolute atomic E-state index is 0.00515. The van der Waals surface area contributed by atoms with E-state index in [9.17, 15) is 4.79 Å². The molecule has 1 amide bonds. The second-order valence-electron chi connectivity index (χ2n) is 3.96. The van der Waals surface area contributed by atoms with E-state index in [4.69, 9.17) is 11.6 Å². The van der Waals surface area contributed by atoms with Crippen LogP contribution >= 0.6 is 27.5 Å². The van der Waals surface area contributed by atoms with E-state index in [1.54, 1.807) is 17.0 Å². The fourth-order valence-electron chi connectivity index (χ4n) is 1.56. The maximum Gasteiger partial charge on any atom is 0.255 e. The molecule has 0 atom stereocenters. The third kappa shape index (κ3) is 4.68. The number of carbonyl (C=O) groups excluding carboxylic acids is 1. The number of rotatable bonds is 6. The Kier molecular flexibility index (Phi) is 6.60. The molecule has 2 nitrogen and oxygen atoms in total. The molecule has 4 heteroatoms. The number of amides is 1. The monoisotopic (exact) mass is 317 g/mol. The summed E-state index contributed by atoms with van der Waals surface area (Å²) in [6.07, 6.45) is 3.30. The molecule has 0 aliphatic carbocycles. The Morgan fingerprint density at radius 2 is 2.00 bits per heavy atom. The van der Waals surface area contributed by atoms with E-state index in [-0.39, 0.29) is 5.91 Å². The van der Waals surface area contributed by atoms with E-state index in [1.165, 1.54) is 0 Å². The summed E-state index contributed by atoms with van der Waals surface area (Å²) < 4.78 is 0. The standard InChI is InChI=1S/C13H17BrClNO/c1-16(10-6-2-5-9-14)13(17)11-7-3-4-8-12(11)15/h3-4,7-8H,2,5-6,9-10H2,1H3. The number of hydrogen-bond donors (Lipinski definition) is 0. The SMILES string of the molecule is CN(CCCCCBr)C(=O)c1ccccc1Cl. The molecule has 0 bridgehead atoms. The summed E-state index contributed by atoms with van der Waals surface area (Å²) in [6, 6.07) is 7.17. The van der Waals surface area contributed by atoms with Crippen molar-refractivity contribution in [3.63, 3.8) is 0 Å². The highest BCUT2D eigenvalue weighted by Gasteiger charge is 2.13. The number of nitrogens with zero attached hydrogens (tertiary/aromatic N) is 1. The Morgan fingerprint density at radius 3 is 2.65 bits per heavy atom. The van der Waals surface area contributed by atoms with Gasteiger partial charge < -0.3 is 4.90 Å². The van der Waals surface area contributed by atoms with Crippen molar-refractivity contribution < 1.29 is 4.79 Å². The first-order chi connectivity index (χ1) is 8.16. The number of hydrogen-bond acceptors (Lipinski definition) is 1. The number of benzene rings is 1. The molecule has 0 N–H and O–H groups in total. The maximum atomic E-state index is 12.1. The molecular weight excluding hydrogens is 302 g/mol. The first-order valence-electron chi connectivity index (χ1n) is 5.72. The Hall–Kier alpha value is -0.540. The molecule has 1 aromatic carbocycles. The van der Waals surface area contributed by atoms with E-state index in [1.807, 2.05) is 19.2 Å². The summed E-state index contributed by atoms with van der Waals surface area (Å²) in [5.74, 6) is -0.00515. The largest absolute Gasteiger partial charge is 0.342 e. The molecule has 0 saturated heterocycles. The van der Waals surface area contributed by atoms with E-state index in [2.05, 4.69) is 15.9 Å². The topological polar surface area (TPSA) is 20.3 Å². The van der Waals surface area contributed by atoms with Gasteiger partial charge in [0.05, 0.1) is 10.6 Å². The van der Waals surface area contributed by atoms with Gasteiger partial charge in [-0.3, -0.25) is 4.79 Å². The third-order valence-electron chi connectivity index (χ3n) is 2.58. The minimum atomic E-state index is -0.00515. The fraction of sp³-hybridized carbons (Fsp3) is 0.462. The highest BCUT2D eigenvalue weighted by molar-refractivity contribution is 9.09. The van der Waals surface area contributed by atoms with Gasteiger partial charge in [0.15, 0.2) is 0 Å². The van der Waals surface area contributed by atoms with Crippen molar-refractivity contribution in [1.29, 1.82) is 0 Å². The first kappa shape index (κ1) is 14.5. The van der Waals surface area contributed by atoms with Crippen LogP contribution in [0.3, 0.4) is 0 Å². The summed E-state index contributed by atoms with van der Waals surface area (Å²) in [6.45, 7) is 0.775. The Morgan fingerprint density at radius 1 is 1.29 bits per heavy atom. The second kappa shape index (κ2) is 7.72. The molecule has 0 aliphatic heterocycles. The van der Waals surface area contributed by atoms with Crippen LogP contribution in [0.2, 0.25) is 5.02 Å². The average Bonchev–Trinajstić information content (AvgIpc) is 2.34. The summed E-state index contributed by atoms with van der Waals surface area (Å²) >= 11 is 9.39. The Labute approximate surface area is 116 Å². The van der Waals surface area contributed by atoms with Crippen LogP contribution in [0.1, 0.15) is 29.6 Å². The zero-order chi connectivity index (χ0) is 12.7. The van der Waals surface area contributed by atoms with Crippen LogP contribution in [0.25, 0.3) is 0 Å². The number of alkyl halides is 1. The van der Waals surface area contributed by atoms with Gasteiger partial charge in [0.25, 0.3) is 5.91 Å². The lowest BCUT2D eigenvalue weighted by atomic mass is 10.2. The van der Waals surface area contributed by atoms with Gasteiger partial charge in [-0.25, -0.2) is 0 Å². The zero-order valence-corrected chi connectivity index (χ0v) is 12.3. The summed E-state index contributed by atoms with van der Waals surface area (Å²) in [5.41, 5.74) is 0.581. The molecule has 0 saturated carbocycles. The summed E-state index contributed by atoms with van der Waals surface area (Å²) in [4.78, 5) is 13.8. The van der Waals surface area contributed by atoms with Crippen molar-refractivity contribution in [3.8, 4) is 0 Å². The first-order valence-corrected chi connectivity index (χ1v) is 7.22. The van der Waals surface area contributed by atoms with Gasteiger partial charge in [-0.2, -0.15) is 0 Å². The number of carbonyl (C=O) groups is 1. The lowest BCUT2D eigenvalue weighted by Crippen LogP contribution is -2.27. The van der Waals surface area contributed by atoms with Gasteiger partial charge in [-0.1, -0.05) is 46.1 Å². The van der Waals surface area contributed by atoms with Gasteiger partial charge in [0.1, 0.15) is 0 Å². The maximum absolute atomic E-state index is 12.1. The normalized spacial score (nSPS) is 10.3. The van der Waals surface area contributed by atoms with Crippen molar-refractivity contribution in [1.82, 2.24) is 4.90 Å². The molecule has 0 spiro atoms. The quantitative estimate of drug-likeness (QED) is 0.574. The highest BCUT2D eigenvalue weighted by Crippen LogP contribution is 2.16. The molecule has 0 fully saturated rings. The van der Waals surface area contributed by atoms with Crippen LogP contribution in [-0.4, -0.2) is 29.7 Å². The van der Waals surface area contributed by atoms with Crippen LogP contribution in [0, 0.1) is 0 Å². The van der Waals surface area contributed by atoms with Crippen molar-refractivity contribution in [2.75, 3.05) is 18.9 Å². The molecule has 1 aromatic rings. The highest BCUT2D eigenvalue weighted by atomic mass is 79.9. The van der Waals surface area contributed by atoms with Crippen molar-refractivity contribution in [2.45, 2.75) is 19.3 Å². The molecule has 0 heterocycles. The summed E-state index contributed by atoms with van der Waals surface area (Å²) in [5, 5.41) is 1.54. The smallest absolute Gasteiger partial charge is 0.255 e. The fourth-order valence-corrected chi connectivity index (χ4v) is 2.18. The molecule has 17 heavy (non-hydrogen) atoms. The number of unbranched alkanes of at least 4 members (excludes halogenated alkanes) is 2. The molecular formula is C13H17BrClNO. The van der Waals surface area contributed by atoms with Crippen LogP contribution in [-0.2, 0) is 0 Å². The lowest BCUT2D eigenvalue weighted by molar-refractivity contribution is 0.0793. The minimum Gasteiger partial charge on any atom is -0.342 e. The second-order valence-corrected chi connectivity index (χ2v) is 5.16. The van der Waals surface area contributed by atoms with Crippen molar-refractivity contribution in [2.24, 2.45) is 0 Å². The van der Waals surface area contributed by atoms with Crippen LogP contribution in [0.5, 0.6) is 0 Å². The zero-order valence-electron chi connectivity index (χ0n) is 9.96. The van der Waals surface area contributed by atoms with E-state index in [0.717, 1.165) is 31.1 Å². The van der Waals surface area contributed by atoms with Gasteiger partial charge in [0.2, 0.25) is 0 Å². The molecule has 0 aromatic heterocycles. The van der Waals surface area contributed by atoms with E-state index in [0.29, 0.717) is 10.6 Å². The van der Waals surface area contributed by atoms with Crippen molar-refractivity contribution in [3.05, 3.63) is 34.9 Å². The molecule has 94 valence electrons. The van der Waals surface area contributed by atoms with Gasteiger partial charge >= 0.3 is 0 Å². The molecule has 0 radical (unpaired) electrons. The lowest BCUT2D eigenvalue weighted by Gasteiger charge is -2.17. The predicted molar refractivity (Wildman–Crippen MR) is 76.1 cm³/mol. The van der Waals surface area contributed by atoms with Crippen molar-refractivity contribution >= 4 is 33.4 Å². The van der Waals surface area contributed by atoms with Crippen LogP contribution in [0.4, 0.5) is 0 Å². The van der Waals surface area contributed by atoms with Gasteiger partial charge in [-0.05, 0) is 25.0 Å². The average molecular weight is 319 g/mol. The predicted octanol–water partition coefficient (Wildman–Crippen LogP) is 3.98. The molecule has 0 unspecified atom stereocenters. The molecule has 1 rings (SSSR count). The van der Waals surface area contributed by atoms with E-state index < -0.39 is 0 Å². The number of halogens is 2. The Balaban J connectivity index is 2.49. The third-order valence-corrected chi connectivity index (χ3v) is 3.47. The van der Waals surface area contributed by atoms with E-state index >= 15 is 0 Å². The van der Waals surface area contributed by atoms with Crippen LogP contribution in [0.15, 0.2) is 24.3 Å². The van der Waals surface area contributed by atoms with Gasteiger partial charge in [0, 0.05) is 18.9 Å². The molecule has 0 aliphatic rings. The summed E-state index contributed by atoms with van der Waals surface area (Å²) in [7, 11) is 1.82. The van der Waals surface area contributed by atoms with Crippen LogP contribution < -0.4 is 0 Å².